The molecule has 0 bridgehead atoms. The molecule has 0 spiro atoms. The zero-order valence-electron chi connectivity index (χ0n) is 18.9. The average Bonchev–Trinajstić information content (AvgIpc) is 3.20. The van der Waals surface area contributed by atoms with Gasteiger partial charge in [0.05, 0.1) is 30.3 Å². The van der Waals surface area contributed by atoms with E-state index in [4.69, 9.17) is 21.4 Å². The molecule has 2 aromatic carbocycles. The van der Waals surface area contributed by atoms with Crippen molar-refractivity contribution in [3.8, 4) is 0 Å². The number of hydrogen-bond donors (Lipinski definition) is 4. The molecular weight excluding hydrogens is 540 g/mol. The number of nitrogens with one attached hydrogen (secondary N) is 3. The van der Waals surface area contributed by atoms with Crippen molar-refractivity contribution in [3.63, 3.8) is 0 Å². The quantitative estimate of drug-likeness (QED) is 0.387. The molecule has 0 aromatic heterocycles. The highest BCUT2D eigenvalue weighted by Gasteiger charge is 2.38. The minimum atomic E-state index is -0.398. The Morgan fingerprint density at radius 2 is 1.97 bits per heavy atom. The fourth-order valence-electron chi connectivity index (χ4n) is 4.22. The van der Waals surface area contributed by atoms with Crippen LogP contribution in [0.15, 0.2) is 40.9 Å². The molecule has 2 saturated heterocycles. The maximum atomic E-state index is 13.1. The number of halogens is 2. The first-order chi connectivity index (χ1) is 16.8. The first-order valence-electron chi connectivity index (χ1n) is 11.3. The van der Waals surface area contributed by atoms with Gasteiger partial charge in [-0.3, -0.25) is 9.59 Å². The highest BCUT2D eigenvalue weighted by Crippen LogP contribution is 2.33. The molecule has 4 N–H and O–H groups in total. The normalized spacial score (nSPS) is 19.1. The second kappa shape index (κ2) is 11.3. The average molecular weight is 566 g/mol. The molecule has 11 heteroatoms. The number of carbonyl (C=O) groups is 3. The molecule has 9 nitrogen and oxygen atoms in total. The third-order valence-corrected chi connectivity index (χ3v) is 6.95. The van der Waals surface area contributed by atoms with Gasteiger partial charge in [0, 0.05) is 34.3 Å². The predicted octanol–water partition coefficient (Wildman–Crippen LogP) is 3.75. The van der Waals surface area contributed by atoms with Crippen LogP contribution in [0.3, 0.4) is 0 Å². The van der Waals surface area contributed by atoms with Gasteiger partial charge < -0.3 is 30.7 Å². The monoisotopic (exact) mass is 564 g/mol. The summed E-state index contributed by atoms with van der Waals surface area (Å²) >= 11 is 9.47. The van der Waals surface area contributed by atoms with E-state index in [1.54, 1.807) is 29.2 Å². The van der Waals surface area contributed by atoms with Crippen molar-refractivity contribution in [2.24, 2.45) is 0 Å². The van der Waals surface area contributed by atoms with E-state index in [0.717, 1.165) is 18.4 Å². The Balaban J connectivity index is 1.52. The van der Waals surface area contributed by atoms with Crippen LogP contribution in [0.2, 0.25) is 5.02 Å². The van der Waals surface area contributed by atoms with Crippen LogP contribution in [-0.4, -0.2) is 59.8 Å². The van der Waals surface area contributed by atoms with Crippen molar-refractivity contribution in [1.29, 1.82) is 0 Å². The van der Waals surface area contributed by atoms with Crippen LogP contribution in [0, 0.1) is 0 Å². The van der Waals surface area contributed by atoms with E-state index in [1.807, 2.05) is 12.1 Å². The molecular formula is C24H26BrClN4O5. The minimum Gasteiger partial charge on any atom is -0.447 e. The Hall–Kier alpha value is -2.82. The van der Waals surface area contributed by atoms with Gasteiger partial charge in [-0.2, -0.15) is 0 Å². The number of carbonyl (C=O) groups excluding carboxylic acids is 3. The summed E-state index contributed by atoms with van der Waals surface area (Å²) < 4.78 is 5.82. The van der Waals surface area contributed by atoms with Crippen molar-refractivity contribution >= 4 is 56.8 Å². The molecule has 0 aliphatic carbocycles. The van der Waals surface area contributed by atoms with Gasteiger partial charge in [-0.25, -0.2) is 4.79 Å². The molecule has 4 rings (SSSR count). The summed E-state index contributed by atoms with van der Waals surface area (Å²) in [6.07, 6.45) is 1.12. The highest BCUT2D eigenvalue weighted by atomic mass is 79.9. The number of aliphatic hydroxyl groups excluding tert-OH is 1. The fraction of sp³-hybridized carbons (Fsp3) is 0.375. The summed E-state index contributed by atoms with van der Waals surface area (Å²) in [6, 6.07) is 10.6. The lowest BCUT2D eigenvalue weighted by molar-refractivity contribution is -0.116. The number of benzene rings is 2. The van der Waals surface area contributed by atoms with Crippen LogP contribution in [0.4, 0.5) is 16.2 Å². The maximum absolute atomic E-state index is 13.1. The molecule has 3 amide bonds. The fourth-order valence-corrected chi connectivity index (χ4v) is 4.80. The number of aliphatic hydroxyl groups is 1. The van der Waals surface area contributed by atoms with Crippen LogP contribution < -0.4 is 16.0 Å². The summed E-state index contributed by atoms with van der Waals surface area (Å²) in [6.45, 7) is 0.971. The Kier molecular flexibility index (Phi) is 8.15. The lowest BCUT2D eigenvalue weighted by atomic mass is 9.98. The van der Waals surface area contributed by atoms with Crippen LogP contribution in [0.25, 0.3) is 0 Å². The van der Waals surface area contributed by atoms with E-state index in [2.05, 4.69) is 31.9 Å². The summed E-state index contributed by atoms with van der Waals surface area (Å²) in [5.41, 5.74) is 2.20. The van der Waals surface area contributed by atoms with Crippen molar-refractivity contribution < 1.29 is 24.2 Å². The molecule has 2 atom stereocenters. The Bertz CT molecular complexity index is 1110. The van der Waals surface area contributed by atoms with Gasteiger partial charge in [0.25, 0.3) is 5.91 Å². The molecule has 0 radical (unpaired) electrons. The Morgan fingerprint density at radius 3 is 2.71 bits per heavy atom. The van der Waals surface area contributed by atoms with Crippen LogP contribution >= 0.6 is 27.5 Å². The van der Waals surface area contributed by atoms with Crippen molar-refractivity contribution in [2.75, 3.05) is 30.4 Å². The minimum absolute atomic E-state index is 0.0340. The predicted molar refractivity (Wildman–Crippen MR) is 136 cm³/mol. The summed E-state index contributed by atoms with van der Waals surface area (Å²) in [5, 5.41) is 18.7. The molecule has 2 aliphatic rings. The van der Waals surface area contributed by atoms with Gasteiger partial charge >= 0.3 is 6.09 Å². The number of ether oxygens (including phenoxy) is 1. The molecule has 2 fully saturated rings. The molecule has 0 unspecified atom stereocenters. The van der Waals surface area contributed by atoms with E-state index in [9.17, 15) is 14.4 Å². The van der Waals surface area contributed by atoms with Gasteiger partial charge in [0.2, 0.25) is 5.91 Å². The molecule has 2 heterocycles. The number of piperidine rings is 1. The largest absolute Gasteiger partial charge is 0.447 e. The summed E-state index contributed by atoms with van der Waals surface area (Å²) in [5.74, 6) is -0.760. The van der Waals surface area contributed by atoms with Crippen molar-refractivity contribution in [3.05, 3.63) is 57.0 Å². The van der Waals surface area contributed by atoms with E-state index >= 15 is 0 Å². The zero-order valence-corrected chi connectivity index (χ0v) is 21.2. The standard InChI is InChI=1S/C24H26BrClN4O5/c25-19-11-20(29-22(32)6-8-31)18(23(33)27-12-14-1-3-15(26)4-2-14)10-21(19)28-16-5-7-30-17(9-16)13-35-24(30)34/h1-4,10-11,16-17,28,31H,5-9,12-13H2,(H,27,33)(H,29,32)/t16-,17-/m0/s1. The lowest BCUT2D eigenvalue weighted by Gasteiger charge is -2.33. The number of rotatable bonds is 8. The third-order valence-electron chi connectivity index (χ3n) is 6.04. The van der Waals surface area contributed by atoms with Gasteiger partial charge in [0.1, 0.15) is 6.61 Å². The van der Waals surface area contributed by atoms with E-state index < -0.39 is 5.91 Å². The van der Waals surface area contributed by atoms with Crippen molar-refractivity contribution in [2.45, 2.75) is 37.9 Å². The second-order valence-electron chi connectivity index (χ2n) is 8.50. The lowest BCUT2D eigenvalue weighted by Crippen LogP contribution is -2.45. The van der Waals surface area contributed by atoms with Gasteiger partial charge in [-0.1, -0.05) is 23.7 Å². The Morgan fingerprint density at radius 1 is 1.20 bits per heavy atom. The number of hydrogen-bond acceptors (Lipinski definition) is 6. The number of cyclic esters (lactones) is 1. The van der Waals surface area contributed by atoms with Gasteiger partial charge in [-0.05, 0) is 58.6 Å². The van der Waals surface area contributed by atoms with Crippen LogP contribution in [0.1, 0.15) is 35.2 Å². The van der Waals surface area contributed by atoms with Crippen LogP contribution in [-0.2, 0) is 16.1 Å². The van der Waals surface area contributed by atoms with Gasteiger partial charge in [-0.15, -0.1) is 0 Å². The zero-order chi connectivity index (χ0) is 24.9. The first-order valence-corrected chi connectivity index (χ1v) is 12.5. The van der Waals surface area contributed by atoms with E-state index in [1.165, 1.54) is 0 Å². The number of nitrogens with zero attached hydrogens (tertiary/aromatic N) is 1. The first kappa shape index (κ1) is 25.3. The SMILES string of the molecule is O=C(CCO)Nc1cc(Br)c(N[C@H]2CCN3C(=O)OC[C@@H]3C2)cc1C(=O)NCc1ccc(Cl)cc1. The molecule has 186 valence electrons. The molecule has 35 heavy (non-hydrogen) atoms. The molecule has 0 saturated carbocycles. The maximum Gasteiger partial charge on any atom is 0.410 e. The van der Waals surface area contributed by atoms with Crippen LogP contribution in [0.5, 0.6) is 0 Å². The number of amides is 3. The second-order valence-corrected chi connectivity index (χ2v) is 9.79. The van der Waals surface area contributed by atoms with Crippen molar-refractivity contribution in [1.82, 2.24) is 10.2 Å². The van der Waals surface area contributed by atoms with E-state index in [-0.39, 0.29) is 49.2 Å². The van der Waals surface area contributed by atoms with E-state index in [0.29, 0.717) is 34.0 Å². The molecule has 2 aliphatic heterocycles. The number of anilines is 2. The topological polar surface area (TPSA) is 120 Å². The molecule has 2 aromatic rings. The Labute approximate surface area is 216 Å². The number of fused-ring (bicyclic) bond motifs is 1. The third kappa shape index (κ3) is 6.25. The van der Waals surface area contributed by atoms with Gasteiger partial charge in [0.15, 0.2) is 0 Å². The smallest absolute Gasteiger partial charge is 0.410 e. The summed E-state index contributed by atoms with van der Waals surface area (Å²) in [4.78, 5) is 38.8. The highest BCUT2D eigenvalue weighted by molar-refractivity contribution is 9.10. The summed E-state index contributed by atoms with van der Waals surface area (Å²) in [7, 11) is 0.